The summed E-state index contributed by atoms with van der Waals surface area (Å²) in [6, 6.07) is 10.8. The molecule has 2 aromatic rings. The average molecular weight is 666 g/mol. The summed E-state index contributed by atoms with van der Waals surface area (Å²) in [5, 5.41) is 0.151. The van der Waals surface area contributed by atoms with Gasteiger partial charge in [0.25, 0.3) is 11.1 Å². The van der Waals surface area contributed by atoms with E-state index in [0.717, 1.165) is 24.5 Å². The van der Waals surface area contributed by atoms with Crippen LogP contribution in [-0.2, 0) is 4.79 Å². The molecule has 1 heterocycles. The van der Waals surface area contributed by atoms with E-state index >= 15 is 0 Å². The fraction of sp³-hybridized carbons (Fsp3) is 0.143. The maximum atomic E-state index is 12.7. The highest BCUT2D eigenvalue weighted by atomic mass is 127. The standard InChI is InChI=1S/C21H14ClI2NO4S/c1-2-8-29-19-15(23)10-13(11-16(19)24)12-18-20(26)25(21(27)30-18)7-9-28-17-6-4-3-5-14(17)22/h1,3-6,10-12H,7-9H2/b18-12-. The van der Waals surface area contributed by atoms with Crippen molar-refractivity contribution in [3.8, 4) is 23.8 Å². The summed E-state index contributed by atoms with van der Waals surface area (Å²) in [6.45, 7) is 0.480. The second-order valence-electron chi connectivity index (χ2n) is 5.92. The van der Waals surface area contributed by atoms with E-state index in [0.29, 0.717) is 21.4 Å². The maximum absolute atomic E-state index is 12.7. The number of imide groups is 1. The van der Waals surface area contributed by atoms with E-state index in [-0.39, 0.29) is 30.9 Å². The first kappa shape index (κ1) is 23.2. The van der Waals surface area contributed by atoms with Gasteiger partial charge < -0.3 is 9.47 Å². The van der Waals surface area contributed by atoms with Gasteiger partial charge in [0.15, 0.2) is 0 Å². The van der Waals surface area contributed by atoms with Crippen LogP contribution in [0.2, 0.25) is 5.02 Å². The number of para-hydroxylation sites is 1. The molecule has 0 atom stereocenters. The number of carbonyl (C=O) groups excluding carboxylic acids is 2. The second kappa shape index (κ2) is 10.7. The number of terminal acetylenes is 1. The minimum atomic E-state index is -0.342. The van der Waals surface area contributed by atoms with Crippen molar-refractivity contribution < 1.29 is 19.1 Å². The van der Waals surface area contributed by atoms with Crippen molar-refractivity contribution in [3.05, 3.63) is 59.0 Å². The maximum Gasteiger partial charge on any atom is 0.293 e. The Morgan fingerprint density at radius 2 is 1.87 bits per heavy atom. The summed E-state index contributed by atoms with van der Waals surface area (Å²) in [6.07, 6.45) is 6.95. The van der Waals surface area contributed by atoms with Crippen molar-refractivity contribution >= 4 is 85.8 Å². The van der Waals surface area contributed by atoms with E-state index in [2.05, 4.69) is 51.1 Å². The van der Waals surface area contributed by atoms with E-state index in [4.69, 9.17) is 27.5 Å². The number of carbonyl (C=O) groups is 2. The van der Waals surface area contributed by atoms with Gasteiger partial charge in [0, 0.05) is 0 Å². The van der Waals surface area contributed by atoms with E-state index in [1.54, 1.807) is 30.3 Å². The number of rotatable bonds is 7. The first-order valence-corrected chi connectivity index (χ1v) is 11.9. The monoisotopic (exact) mass is 665 g/mol. The first-order chi connectivity index (χ1) is 14.4. The van der Waals surface area contributed by atoms with Crippen molar-refractivity contribution in [3.63, 3.8) is 0 Å². The SMILES string of the molecule is C#CCOc1c(I)cc(/C=C2\SC(=O)N(CCOc3ccccc3Cl)C2=O)cc1I. The van der Waals surface area contributed by atoms with Crippen LogP contribution in [0.3, 0.4) is 0 Å². The van der Waals surface area contributed by atoms with Crippen LogP contribution in [0.5, 0.6) is 11.5 Å². The Bertz CT molecular complexity index is 1040. The highest BCUT2D eigenvalue weighted by Crippen LogP contribution is 2.35. The van der Waals surface area contributed by atoms with Crippen LogP contribution in [0.25, 0.3) is 6.08 Å². The highest BCUT2D eigenvalue weighted by Gasteiger charge is 2.34. The van der Waals surface area contributed by atoms with Gasteiger partial charge >= 0.3 is 0 Å². The number of amides is 2. The summed E-state index contributed by atoms with van der Waals surface area (Å²) in [5.74, 6) is 3.31. The molecule has 0 spiro atoms. The van der Waals surface area contributed by atoms with E-state index in [1.807, 2.05) is 12.1 Å². The van der Waals surface area contributed by atoms with Crippen molar-refractivity contribution in [2.45, 2.75) is 0 Å². The number of hydrogen-bond acceptors (Lipinski definition) is 5. The minimum Gasteiger partial charge on any atom is -0.490 e. The Morgan fingerprint density at radius 1 is 1.17 bits per heavy atom. The molecule has 0 saturated carbocycles. The lowest BCUT2D eigenvalue weighted by Gasteiger charge is -2.13. The molecule has 0 aromatic heterocycles. The largest absolute Gasteiger partial charge is 0.490 e. The lowest BCUT2D eigenvalue weighted by molar-refractivity contribution is -0.123. The van der Waals surface area contributed by atoms with Gasteiger partial charge in [-0.25, -0.2) is 0 Å². The van der Waals surface area contributed by atoms with Gasteiger partial charge in [-0.2, -0.15) is 0 Å². The zero-order chi connectivity index (χ0) is 21.7. The van der Waals surface area contributed by atoms with Crippen molar-refractivity contribution in [2.75, 3.05) is 19.8 Å². The molecule has 2 amide bonds. The molecular formula is C21H14ClI2NO4S. The van der Waals surface area contributed by atoms with Crippen LogP contribution in [0.4, 0.5) is 4.79 Å². The van der Waals surface area contributed by atoms with Crippen LogP contribution in [0, 0.1) is 19.5 Å². The minimum absolute atomic E-state index is 0.140. The Kier molecular flexibility index (Phi) is 8.33. The number of benzene rings is 2. The average Bonchev–Trinajstić information content (AvgIpc) is 2.96. The molecule has 1 aliphatic rings. The molecule has 2 aromatic carbocycles. The number of thioether (sulfide) groups is 1. The summed E-state index contributed by atoms with van der Waals surface area (Å²) >= 11 is 11.3. The van der Waals surface area contributed by atoms with Crippen LogP contribution in [-0.4, -0.2) is 35.8 Å². The van der Waals surface area contributed by atoms with Gasteiger partial charge in [-0.1, -0.05) is 29.7 Å². The molecule has 5 nitrogen and oxygen atoms in total. The molecule has 30 heavy (non-hydrogen) atoms. The molecule has 1 fully saturated rings. The van der Waals surface area contributed by atoms with Crippen LogP contribution in [0.1, 0.15) is 5.56 Å². The molecule has 154 valence electrons. The molecule has 3 rings (SSSR count). The quantitative estimate of drug-likeness (QED) is 0.217. The van der Waals surface area contributed by atoms with Crippen molar-refractivity contribution in [1.82, 2.24) is 4.90 Å². The Labute approximate surface area is 210 Å². The molecule has 0 N–H and O–H groups in total. The third-order valence-electron chi connectivity index (χ3n) is 3.90. The van der Waals surface area contributed by atoms with E-state index in [1.165, 1.54) is 4.90 Å². The molecule has 0 aliphatic carbocycles. The predicted octanol–water partition coefficient (Wildman–Crippen LogP) is 5.68. The highest BCUT2D eigenvalue weighted by molar-refractivity contribution is 14.1. The van der Waals surface area contributed by atoms with E-state index < -0.39 is 0 Å². The van der Waals surface area contributed by atoms with Crippen molar-refractivity contribution in [1.29, 1.82) is 0 Å². The van der Waals surface area contributed by atoms with Gasteiger partial charge in [-0.15, -0.1) is 6.42 Å². The first-order valence-electron chi connectivity index (χ1n) is 8.58. The van der Waals surface area contributed by atoms with Gasteiger partial charge in [0.05, 0.1) is 23.6 Å². The van der Waals surface area contributed by atoms with E-state index in [9.17, 15) is 9.59 Å². The lowest BCUT2D eigenvalue weighted by atomic mass is 10.2. The fourth-order valence-electron chi connectivity index (χ4n) is 2.57. The summed E-state index contributed by atoms with van der Waals surface area (Å²) in [4.78, 5) is 26.5. The molecule has 0 bridgehead atoms. The number of hydrogen-bond donors (Lipinski definition) is 0. The smallest absolute Gasteiger partial charge is 0.293 e. The summed E-state index contributed by atoms with van der Waals surface area (Å²) in [5.41, 5.74) is 0.801. The Hall–Kier alpha value is -1.42. The number of halogens is 3. The Balaban J connectivity index is 1.69. The second-order valence-corrected chi connectivity index (χ2v) is 9.64. The molecule has 9 heteroatoms. The molecular weight excluding hydrogens is 652 g/mol. The van der Waals surface area contributed by atoms with Gasteiger partial charge in [0.2, 0.25) is 0 Å². The van der Waals surface area contributed by atoms with Crippen LogP contribution in [0.15, 0.2) is 41.3 Å². The van der Waals surface area contributed by atoms with Gasteiger partial charge in [-0.3, -0.25) is 14.5 Å². The van der Waals surface area contributed by atoms with Gasteiger partial charge in [-0.05, 0) is 92.8 Å². The zero-order valence-electron chi connectivity index (χ0n) is 15.4. The third kappa shape index (κ3) is 5.63. The van der Waals surface area contributed by atoms with Crippen molar-refractivity contribution in [2.24, 2.45) is 0 Å². The number of ether oxygens (including phenoxy) is 2. The molecule has 0 unspecified atom stereocenters. The zero-order valence-corrected chi connectivity index (χ0v) is 21.2. The lowest BCUT2D eigenvalue weighted by Crippen LogP contribution is -2.32. The molecule has 1 saturated heterocycles. The van der Waals surface area contributed by atoms with Crippen LogP contribution < -0.4 is 9.47 Å². The normalized spacial score (nSPS) is 14.9. The number of nitrogens with zero attached hydrogens (tertiary/aromatic N) is 1. The fourth-order valence-corrected chi connectivity index (χ4v) is 5.75. The van der Waals surface area contributed by atoms with Crippen LogP contribution >= 0.6 is 68.5 Å². The van der Waals surface area contributed by atoms with Gasteiger partial charge in [0.1, 0.15) is 24.7 Å². The Morgan fingerprint density at radius 3 is 2.53 bits per heavy atom. The molecule has 1 aliphatic heterocycles. The summed E-state index contributed by atoms with van der Waals surface area (Å²) < 4.78 is 12.9. The third-order valence-corrected chi connectivity index (χ3v) is 6.72. The summed E-state index contributed by atoms with van der Waals surface area (Å²) in [7, 11) is 0. The predicted molar refractivity (Wildman–Crippen MR) is 136 cm³/mol. The molecule has 0 radical (unpaired) electrons. The topological polar surface area (TPSA) is 55.8 Å².